The highest BCUT2D eigenvalue weighted by molar-refractivity contribution is 6.12. The van der Waals surface area contributed by atoms with E-state index in [0.29, 0.717) is 34.5 Å². The average Bonchev–Trinajstić information content (AvgIpc) is 3.74. The number of rotatable bonds is 11. The highest BCUT2D eigenvalue weighted by atomic mass is 16.6. The molecule has 0 radical (unpaired) electrons. The van der Waals surface area contributed by atoms with Crippen LogP contribution < -0.4 is 26.4 Å². The molecule has 5 aromatic rings. The van der Waals surface area contributed by atoms with Gasteiger partial charge in [-0.05, 0) is 53.1 Å². The van der Waals surface area contributed by atoms with Crippen LogP contribution in [-0.2, 0) is 31.0 Å². The first-order valence-corrected chi connectivity index (χ1v) is 19.4. The van der Waals surface area contributed by atoms with Gasteiger partial charge in [-0.15, -0.1) is 0 Å². The maximum Gasteiger partial charge on any atom is 0.324 e. The van der Waals surface area contributed by atoms with Gasteiger partial charge in [-0.25, -0.2) is 4.79 Å². The number of aromatic nitrogens is 1. The number of morpholine rings is 1. The smallest absolute Gasteiger partial charge is 0.324 e. The van der Waals surface area contributed by atoms with Gasteiger partial charge in [-0.3, -0.25) is 24.3 Å². The lowest BCUT2D eigenvalue weighted by molar-refractivity contribution is -0.178. The van der Waals surface area contributed by atoms with Gasteiger partial charge in [0.2, 0.25) is 11.8 Å². The van der Waals surface area contributed by atoms with Crippen molar-refractivity contribution in [3.05, 3.63) is 161 Å². The van der Waals surface area contributed by atoms with Crippen LogP contribution in [0, 0.1) is 17.8 Å². The highest BCUT2D eigenvalue weighted by Gasteiger charge is 2.74. The number of nitrogens with one attached hydrogen (secondary N) is 3. The number of pyridine rings is 1. The lowest BCUT2D eigenvalue weighted by Crippen LogP contribution is -2.55. The standard InChI is InChI=1S/C46H42N6O7/c47-45(57)50-24-11-12-29-20-21-35-34(28-29)46(44(56)51-35)37(42(54)49-25-22-32-17-9-10-23-48-32)39-43(55)59-40(31-15-5-2-6-16-31)38(30-13-3-1-4-14-30)52(39)41(46)33-18-7-8-19-36(33)58-27-26-53/h1-10,13-21,23,28,37-41,53H,22,24-27H2,(H,49,54)(H,51,56)(H3,47,50,57)/t37-,38-,39-,40+,41+,46-/m1/s1. The third kappa shape index (κ3) is 7.24. The maximum atomic E-state index is 15.4. The molecule has 3 aliphatic heterocycles. The molecule has 13 heteroatoms. The molecular weight excluding hydrogens is 749 g/mol. The third-order valence-corrected chi connectivity index (χ3v) is 11.1. The highest BCUT2D eigenvalue weighted by Crippen LogP contribution is 2.65. The number of hydrogen-bond donors (Lipinski definition) is 5. The number of para-hydroxylation sites is 1. The van der Waals surface area contributed by atoms with Gasteiger partial charge in [-0.1, -0.05) is 96.8 Å². The number of esters is 1. The first-order chi connectivity index (χ1) is 28.8. The number of primary amides is 1. The number of aliphatic hydroxyl groups is 1. The fraction of sp³-hybridized carbons (Fsp3) is 0.239. The average molecular weight is 791 g/mol. The van der Waals surface area contributed by atoms with Crippen LogP contribution in [0.3, 0.4) is 0 Å². The van der Waals surface area contributed by atoms with Crippen molar-refractivity contribution in [1.29, 1.82) is 0 Å². The van der Waals surface area contributed by atoms with Crippen LogP contribution in [0.5, 0.6) is 5.75 Å². The Morgan fingerprint density at radius 1 is 0.898 bits per heavy atom. The van der Waals surface area contributed by atoms with E-state index in [4.69, 9.17) is 15.2 Å². The second kappa shape index (κ2) is 16.8. The SMILES string of the molecule is NC(=O)NCC#Cc1ccc2c(c1)[C@]1(C(=O)N2)[C@H](c2ccccc2OCCO)N2[C@H](c3ccccc3)[C@H](c3ccccc3)OC(=O)[C@H]2[C@@H]1C(=O)NCCc1ccccn1. The number of nitrogens with two attached hydrogens (primary N) is 1. The van der Waals surface area contributed by atoms with Crippen molar-refractivity contribution in [3.8, 4) is 17.6 Å². The molecule has 0 saturated carbocycles. The van der Waals surface area contributed by atoms with Crippen LogP contribution in [0.2, 0.25) is 0 Å². The molecule has 6 N–H and O–H groups in total. The van der Waals surface area contributed by atoms with Gasteiger partial charge in [-0.2, -0.15) is 0 Å². The Morgan fingerprint density at radius 3 is 2.36 bits per heavy atom. The molecule has 0 bridgehead atoms. The third-order valence-electron chi connectivity index (χ3n) is 11.1. The van der Waals surface area contributed by atoms with Crippen molar-refractivity contribution in [2.75, 3.05) is 31.6 Å². The van der Waals surface area contributed by atoms with Crippen molar-refractivity contribution in [2.45, 2.75) is 36.1 Å². The molecule has 4 amide bonds. The van der Waals surface area contributed by atoms with Crippen molar-refractivity contribution >= 4 is 29.5 Å². The Kier molecular flexibility index (Phi) is 11.1. The Balaban J connectivity index is 1.39. The summed E-state index contributed by atoms with van der Waals surface area (Å²) < 4.78 is 12.7. The monoisotopic (exact) mass is 790 g/mol. The number of ether oxygens (including phenoxy) is 2. The minimum absolute atomic E-state index is 0.0183. The lowest BCUT2D eigenvalue weighted by atomic mass is 9.65. The number of amides is 4. The summed E-state index contributed by atoms with van der Waals surface area (Å²) in [6.07, 6.45) is 1.23. The molecule has 4 aromatic carbocycles. The second-order valence-electron chi connectivity index (χ2n) is 14.5. The minimum Gasteiger partial charge on any atom is -0.491 e. The summed E-state index contributed by atoms with van der Waals surface area (Å²) in [5.74, 6) is 3.28. The van der Waals surface area contributed by atoms with Crippen LogP contribution >= 0.6 is 0 Å². The number of nitrogens with zero attached hydrogens (tertiary/aromatic N) is 2. The van der Waals surface area contributed by atoms with Gasteiger partial charge in [0.05, 0.1) is 31.2 Å². The van der Waals surface area contributed by atoms with E-state index in [0.717, 1.165) is 16.8 Å². The number of carbonyl (C=O) groups is 4. The van der Waals surface area contributed by atoms with E-state index in [-0.39, 0.29) is 26.3 Å². The second-order valence-corrected chi connectivity index (χ2v) is 14.5. The Hall–Kier alpha value is -7.01. The fourth-order valence-electron chi connectivity index (χ4n) is 8.88. The quantitative estimate of drug-likeness (QED) is 0.0971. The molecule has 3 aliphatic rings. The summed E-state index contributed by atoms with van der Waals surface area (Å²) in [4.78, 5) is 63.4. The number of hydrogen-bond acceptors (Lipinski definition) is 9. The number of aliphatic hydroxyl groups excluding tert-OH is 1. The largest absolute Gasteiger partial charge is 0.491 e. The number of anilines is 1. The van der Waals surface area contributed by atoms with E-state index in [1.54, 1.807) is 36.5 Å². The molecular formula is C46H42N6O7. The predicted octanol–water partition coefficient (Wildman–Crippen LogP) is 4.10. The zero-order valence-corrected chi connectivity index (χ0v) is 31.9. The van der Waals surface area contributed by atoms with E-state index in [1.807, 2.05) is 95.9 Å². The van der Waals surface area contributed by atoms with Gasteiger partial charge >= 0.3 is 12.0 Å². The summed E-state index contributed by atoms with van der Waals surface area (Å²) >= 11 is 0. The molecule has 2 fully saturated rings. The molecule has 59 heavy (non-hydrogen) atoms. The lowest BCUT2D eigenvalue weighted by Gasteiger charge is -2.46. The Labute approximate surface area is 340 Å². The zero-order chi connectivity index (χ0) is 40.9. The van der Waals surface area contributed by atoms with Crippen LogP contribution in [0.4, 0.5) is 10.5 Å². The van der Waals surface area contributed by atoms with E-state index in [9.17, 15) is 9.90 Å². The summed E-state index contributed by atoms with van der Waals surface area (Å²) in [6, 6.07) is 33.2. The van der Waals surface area contributed by atoms with Crippen molar-refractivity contribution in [2.24, 2.45) is 11.7 Å². The van der Waals surface area contributed by atoms with Gasteiger partial charge in [0.15, 0.2) is 0 Å². The number of fused-ring (bicyclic) bond motifs is 3. The van der Waals surface area contributed by atoms with Crippen molar-refractivity contribution in [3.63, 3.8) is 0 Å². The predicted molar refractivity (Wildman–Crippen MR) is 218 cm³/mol. The molecule has 2 saturated heterocycles. The molecule has 298 valence electrons. The van der Waals surface area contributed by atoms with Crippen LogP contribution in [0.15, 0.2) is 128 Å². The van der Waals surface area contributed by atoms with E-state index >= 15 is 14.4 Å². The molecule has 0 aliphatic carbocycles. The Morgan fingerprint density at radius 2 is 1.63 bits per heavy atom. The topological polar surface area (TPSA) is 185 Å². The number of carbonyl (C=O) groups excluding carboxylic acids is 4. The summed E-state index contributed by atoms with van der Waals surface area (Å²) in [5, 5.41) is 18.5. The maximum absolute atomic E-state index is 15.4. The van der Waals surface area contributed by atoms with Gasteiger partial charge in [0.1, 0.15) is 29.9 Å². The molecule has 4 heterocycles. The van der Waals surface area contributed by atoms with Crippen molar-refractivity contribution in [1.82, 2.24) is 20.5 Å². The van der Waals surface area contributed by atoms with Crippen LogP contribution in [0.1, 0.15) is 51.7 Å². The summed E-state index contributed by atoms with van der Waals surface area (Å²) in [6.45, 7) is -0.165. The first kappa shape index (κ1) is 38.8. The normalized spacial score (nSPS) is 22.9. The minimum atomic E-state index is -1.78. The van der Waals surface area contributed by atoms with E-state index in [1.165, 1.54) is 0 Å². The van der Waals surface area contributed by atoms with E-state index < -0.39 is 59.4 Å². The molecule has 1 spiro atoms. The number of urea groups is 1. The van der Waals surface area contributed by atoms with Crippen LogP contribution in [-0.4, -0.2) is 71.2 Å². The van der Waals surface area contributed by atoms with Crippen molar-refractivity contribution < 1.29 is 33.8 Å². The fourth-order valence-corrected chi connectivity index (χ4v) is 8.88. The van der Waals surface area contributed by atoms with E-state index in [2.05, 4.69) is 32.8 Å². The van der Waals surface area contributed by atoms with Gasteiger partial charge < -0.3 is 36.3 Å². The number of benzene rings is 4. The Bertz CT molecular complexity index is 2420. The molecule has 8 rings (SSSR count). The summed E-state index contributed by atoms with van der Waals surface area (Å²) in [7, 11) is 0. The van der Waals surface area contributed by atoms with Gasteiger partial charge in [0.25, 0.3) is 0 Å². The molecule has 6 atom stereocenters. The van der Waals surface area contributed by atoms with Crippen LogP contribution in [0.25, 0.3) is 0 Å². The van der Waals surface area contributed by atoms with Gasteiger partial charge in [0, 0.05) is 41.7 Å². The molecule has 1 aromatic heterocycles. The molecule has 0 unspecified atom stereocenters. The first-order valence-electron chi connectivity index (χ1n) is 19.4. The number of cyclic esters (lactones) is 1. The zero-order valence-electron chi connectivity index (χ0n) is 31.9. The molecule has 13 nitrogen and oxygen atoms in total. The summed E-state index contributed by atoms with van der Waals surface area (Å²) in [5.41, 5.74) is 7.69.